The van der Waals surface area contributed by atoms with Crippen LogP contribution in [0.3, 0.4) is 0 Å². The Bertz CT molecular complexity index is 711. The van der Waals surface area contributed by atoms with Crippen molar-refractivity contribution in [3.05, 3.63) is 59.7 Å². The van der Waals surface area contributed by atoms with E-state index in [-0.39, 0.29) is 24.5 Å². The van der Waals surface area contributed by atoms with Gasteiger partial charge in [-0.05, 0) is 29.8 Å². The Balaban J connectivity index is 1.89. The molecule has 6 heteroatoms. The van der Waals surface area contributed by atoms with Gasteiger partial charge in [-0.2, -0.15) is 5.10 Å². The monoisotopic (exact) mass is 306 g/mol. The number of benzene rings is 1. The second-order valence-corrected chi connectivity index (χ2v) is 5.28. The Hall–Kier alpha value is -2.37. The molecule has 2 aliphatic rings. The van der Waals surface area contributed by atoms with E-state index in [9.17, 15) is 18.0 Å². The summed E-state index contributed by atoms with van der Waals surface area (Å²) in [5, 5.41) is 3.67. The maximum absolute atomic E-state index is 14.8. The van der Waals surface area contributed by atoms with E-state index in [0.717, 1.165) is 6.08 Å². The van der Waals surface area contributed by atoms with Crippen LogP contribution < -0.4 is 5.43 Å². The predicted molar refractivity (Wildman–Crippen MR) is 76.1 cm³/mol. The summed E-state index contributed by atoms with van der Waals surface area (Å²) in [6.45, 7) is 0. The van der Waals surface area contributed by atoms with Crippen LogP contribution in [-0.2, 0) is 4.79 Å². The lowest BCUT2D eigenvalue weighted by atomic mass is 9.84. The Morgan fingerprint density at radius 1 is 1.27 bits per heavy atom. The van der Waals surface area contributed by atoms with Crippen molar-refractivity contribution in [2.24, 2.45) is 5.10 Å². The summed E-state index contributed by atoms with van der Waals surface area (Å²) in [5.74, 6) is -2.31. The third kappa shape index (κ3) is 2.68. The fraction of sp³-hybridized carbons (Fsp3) is 0.250. The number of nitrogens with one attached hydrogen (secondary N) is 1. The van der Waals surface area contributed by atoms with Gasteiger partial charge < -0.3 is 0 Å². The van der Waals surface area contributed by atoms with Crippen LogP contribution >= 0.6 is 0 Å². The topological polar surface area (TPSA) is 41.5 Å². The number of nitrogens with zero attached hydrogens (tertiary/aromatic N) is 1. The molecule has 1 N–H and O–H groups in total. The molecule has 1 aromatic carbocycles. The number of allylic oxidation sites excluding steroid dienone is 4. The third-order valence-corrected chi connectivity index (χ3v) is 3.73. The van der Waals surface area contributed by atoms with E-state index in [1.54, 1.807) is 6.07 Å². The zero-order valence-electron chi connectivity index (χ0n) is 11.5. The molecule has 0 saturated heterocycles. The molecule has 0 spiro atoms. The lowest BCUT2D eigenvalue weighted by molar-refractivity contribution is -0.121. The minimum absolute atomic E-state index is 0.0520. The molecule has 0 bridgehead atoms. The summed E-state index contributed by atoms with van der Waals surface area (Å²) in [4.78, 5) is 11.0. The molecular weight excluding hydrogens is 293 g/mol. The Kier molecular flexibility index (Phi) is 3.60. The first kappa shape index (κ1) is 14.6. The molecule has 1 aliphatic heterocycles. The van der Waals surface area contributed by atoms with E-state index in [1.165, 1.54) is 30.4 Å². The number of rotatable bonds is 2. The molecule has 1 amide bonds. The molecule has 2 unspecified atom stereocenters. The molecule has 1 aromatic rings. The highest BCUT2D eigenvalue weighted by atomic mass is 19.1. The average molecular weight is 306 g/mol. The molecule has 3 nitrogen and oxygen atoms in total. The van der Waals surface area contributed by atoms with Crippen molar-refractivity contribution < 1.29 is 18.0 Å². The van der Waals surface area contributed by atoms with Crippen LogP contribution in [0.25, 0.3) is 0 Å². The highest BCUT2D eigenvalue weighted by Gasteiger charge is 2.37. The minimum atomic E-state index is -2.17. The first-order valence-corrected chi connectivity index (χ1v) is 6.86. The van der Waals surface area contributed by atoms with Gasteiger partial charge in [-0.3, -0.25) is 4.79 Å². The zero-order valence-corrected chi connectivity index (χ0v) is 11.5. The summed E-state index contributed by atoms with van der Waals surface area (Å²) in [6.07, 6.45) is 3.62. The highest BCUT2D eigenvalue weighted by molar-refractivity contribution is 6.01. The van der Waals surface area contributed by atoms with Gasteiger partial charge in [0.25, 0.3) is 0 Å². The van der Waals surface area contributed by atoms with Crippen molar-refractivity contribution in [1.29, 1.82) is 0 Å². The van der Waals surface area contributed by atoms with Gasteiger partial charge in [0.1, 0.15) is 11.6 Å². The van der Waals surface area contributed by atoms with Gasteiger partial charge in [0.15, 0.2) is 5.67 Å². The fourth-order valence-electron chi connectivity index (χ4n) is 2.57. The molecule has 0 saturated carbocycles. The van der Waals surface area contributed by atoms with Crippen molar-refractivity contribution in [3.63, 3.8) is 0 Å². The standard InChI is InChI=1S/C16H13F3N2O/c17-11-3-1-2-10(8-11)12-6-7-16(19,9-13(12)18)14-4-5-15(22)21-20-14/h1-3,6-9,12H,4-5H2,(H,21,22). The second-order valence-electron chi connectivity index (χ2n) is 5.28. The van der Waals surface area contributed by atoms with Crippen LogP contribution in [0.4, 0.5) is 13.2 Å². The van der Waals surface area contributed by atoms with Gasteiger partial charge in [0.2, 0.25) is 5.91 Å². The van der Waals surface area contributed by atoms with Crippen molar-refractivity contribution in [2.45, 2.75) is 24.4 Å². The average Bonchev–Trinajstić information content (AvgIpc) is 2.47. The molecule has 2 atom stereocenters. The number of hydrazone groups is 1. The zero-order chi connectivity index (χ0) is 15.7. The Morgan fingerprint density at radius 3 is 2.73 bits per heavy atom. The number of halogens is 3. The van der Waals surface area contributed by atoms with Crippen molar-refractivity contribution in [3.8, 4) is 0 Å². The van der Waals surface area contributed by atoms with Crippen LogP contribution in [0.1, 0.15) is 24.3 Å². The lowest BCUT2D eigenvalue weighted by Crippen LogP contribution is -2.38. The van der Waals surface area contributed by atoms with Gasteiger partial charge in [-0.15, -0.1) is 0 Å². The van der Waals surface area contributed by atoms with E-state index < -0.39 is 23.2 Å². The SMILES string of the molecule is O=C1CCC(C2(F)C=CC(c3cccc(F)c3)C(F)=C2)=NN1. The molecular formula is C16H13F3N2O. The number of alkyl halides is 1. The first-order valence-electron chi connectivity index (χ1n) is 6.86. The van der Waals surface area contributed by atoms with Crippen molar-refractivity contribution in [1.82, 2.24) is 5.43 Å². The van der Waals surface area contributed by atoms with Gasteiger partial charge in [0.05, 0.1) is 11.6 Å². The van der Waals surface area contributed by atoms with Gasteiger partial charge in [0, 0.05) is 12.8 Å². The van der Waals surface area contributed by atoms with Crippen molar-refractivity contribution in [2.75, 3.05) is 0 Å². The Labute approximate surface area is 125 Å². The van der Waals surface area contributed by atoms with Gasteiger partial charge in [-0.25, -0.2) is 18.6 Å². The lowest BCUT2D eigenvalue weighted by Gasteiger charge is -2.27. The smallest absolute Gasteiger partial charge is 0.240 e. The number of carbonyl (C=O) groups excluding carboxylic acids is 1. The molecule has 3 rings (SSSR count). The maximum atomic E-state index is 14.8. The largest absolute Gasteiger partial charge is 0.273 e. The van der Waals surface area contributed by atoms with E-state index >= 15 is 0 Å². The molecule has 22 heavy (non-hydrogen) atoms. The van der Waals surface area contributed by atoms with Crippen LogP contribution in [0.15, 0.2) is 53.4 Å². The third-order valence-electron chi connectivity index (χ3n) is 3.73. The van der Waals surface area contributed by atoms with Crippen LogP contribution in [-0.4, -0.2) is 17.3 Å². The number of carbonyl (C=O) groups is 1. The summed E-state index contributed by atoms with van der Waals surface area (Å²) >= 11 is 0. The minimum Gasteiger partial charge on any atom is -0.273 e. The quantitative estimate of drug-likeness (QED) is 0.837. The van der Waals surface area contributed by atoms with Crippen LogP contribution in [0, 0.1) is 5.82 Å². The molecule has 1 heterocycles. The van der Waals surface area contributed by atoms with Crippen LogP contribution in [0.2, 0.25) is 0 Å². The summed E-state index contributed by atoms with van der Waals surface area (Å²) < 4.78 is 42.4. The fourth-order valence-corrected chi connectivity index (χ4v) is 2.57. The van der Waals surface area contributed by atoms with E-state index in [2.05, 4.69) is 10.5 Å². The summed E-state index contributed by atoms with van der Waals surface area (Å²) in [5.41, 5.74) is 0.489. The molecule has 0 aromatic heterocycles. The van der Waals surface area contributed by atoms with Crippen LogP contribution in [0.5, 0.6) is 0 Å². The van der Waals surface area contributed by atoms with Gasteiger partial charge >= 0.3 is 0 Å². The van der Waals surface area contributed by atoms with E-state index in [0.29, 0.717) is 5.56 Å². The molecule has 0 radical (unpaired) electrons. The predicted octanol–water partition coefficient (Wildman–Crippen LogP) is 3.31. The highest BCUT2D eigenvalue weighted by Crippen LogP contribution is 2.37. The summed E-state index contributed by atoms with van der Waals surface area (Å²) in [7, 11) is 0. The first-order chi connectivity index (χ1) is 10.5. The van der Waals surface area contributed by atoms with E-state index in [4.69, 9.17) is 0 Å². The maximum Gasteiger partial charge on any atom is 0.240 e. The molecule has 1 aliphatic carbocycles. The van der Waals surface area contributed by atoms with Crippen molar-refractivity contribution >= 4 is 11.6 Å². The molecule has 0 fully saturated rings. The second kappa shape index (κ2) is 5.44. The Morgan fingerprint density at radius 2 is 2.09 bits per heavy atom. The normalized spacial score (nSPS) is 28.0. The summed E-state index contributed by atoms with van der Waals surface area (Å²) in [6, 6.07) is 5.53. The number of hydrogen-bond acceptors (Lipinski definition) is 2. The van der Waals surface area contributed by atoms with Gasteiger partial charge in [-0.1, -0.05) is 18.2 Å². The van der Waals surface area contributed by atoms with E-state index in [1.807, 2.05) is 0 Å². The molecule has 114 valence electrons. The number of amides is 1. The number of hydrogen-bond donors (Lipinski definition) is 1.